The first-order valence-electron chi connectivity index (χ1n) is 7.67. The lowest BCUT2D eigenvalue weighted by Crippen LogP contribution is -2.54. The van der Waals surface area contributed by atoms with Crippen LogP contribution in [0.4, 0.5) is 0 Å². The molecule has 124 valence electrons. The van der Waals surface area contributed by atoms with Crippen LogP contribution in [0.25, 0.3) is 10.9 Å². The average Bonchev–Trinajstić information content (AvgIpc) is 3.20. The zero-order valence-electron chi connectivity index (χ0n) is 13.6. The van der Waals surface area contributed by atoms with Gasteiger partial charge in [-0.3, -0.25) is 9.59 Å². The van der Waals surface area contributed by atoms with Crippen LogP contribution in [-0.2, 0) is 11.3 Å². The summed E-state index contributed by atoms with van der Waals surface area (Å²) in [7, 11) is 0. The summed E-state index contributed by atoms with van der Waals surface area (Å²) in [6.07, 6.45) is 0. The van der Waals surface area contributed by atoms with Crippen molar-refractivity contribution in [3.63, 3.8) is 0 Å². The van der Waals surface area contributed by atoms with Crippen molar-refractivity contribution in [1.29, 1.82) is 0 Å². The molecule has 3 rings (SSSR count). The first-order valence-corrected chi connectivity index (χ1v) is 8.54. The van der Waals surface area contributed by atoms with Crippen LogP contribution in [-0.4, -0.2) is 22.3 Å². The minimum atomic E-state index is -0.993. The van der Waals surface area contributed by atoms with Gasteiger partial charge in [0.25, 0.3) is 5.91 Å². The van der Waals surface area contributed by atoms with Crippen molar-refractivity contribution in [2.24, 2.45) is 0 Å². The van der Waals surface area contributed by atoms with Gasteiger partial charge < -0.3 is 15.6 Å². The van der Waals surface area contributed by atoms with Crippen LogP contribution in [0, 0.1) is 0 Å². The first kappa shape index (κ1) is 16.3. The molecule has 6 heteroatoms. The predicted octanol–water partition coefficient (Wildman–Crippen LogP) is 3.05. The zero-order valence-corrected chi connectivity index (χ0v) is 14.4. The smallest absolute Gasteiger partial charge is 0.262 e. The van der Waals surface area contributed by atoms with Gasteiger partial charge in [-0.1, -0.05) is 24.3 Å². The molecular formula is C18H19N3O2S. The van der Waals surface area contributed by atoms with E-state index in [9.17, 15) is 9.59 Å². The first-order chi connectivity index (χ1) is 11.5. The van der Waals surface area contributed by atoms with Crippen molar-refractivity contribution in [3.05, 3.63) is 58.4 Å². The molecule has 2 amide bonds. The maximum Gasteiger partial charge on any atom is 0.262 e. The van der Waals surface area contributed by atoms with Gasteiger partial charge in [0.15, 0.2) is 0 Å². The number of thiophene rings is 1. The second-order valence-corrected chi connectivity index (χ2v) is 7.07. The molecule has 0 saturated carbocycles. The number of fused-ring (bicyclic) bond motifs is 1. The van der Waals surface area contributed by atoms with Crippen molar-refractivity contribution < 1.29 is 9.59 Å². The van der Waals surface area contributed by atoms with E-state index < -0.39 is 5.54 Å². The molecule has 0 radical (unpaired) electrons. The van der Waals surface area contributed by atoms with Crippen molar-refractivity contribution >= 4 is 34.1 Å². The molecule has 3 N–H and O–H groups in total. The van der Waals surface area contributed by atoms with Gasteiger partial charge in [-0.2, -0.15) is 0 Å². The van der Waals surface area contributed by atoms with Gasteiger partial charge in [0.1, 0.15) is 5.54 Å². The number of rotatable bonds is 5. The third-order valence-corrected chi connectivity index (χ3v) is 4.63. The SMILES string of the molecule is CC(C)(NC(=O)c1cccs1)C(=O)NCc1cc2ccccc2[nH]1. The summed E-state index contributed by atoms with van der Waals surface area (Å²) >= 11 is 1.35. The Hall–Kier alpha value is -2.60. The van der Waals surface area contributed by atoms with Crippen molar-refractivity contribution in [3.8, 4) is 0 Å². The molecule has 0 aliphatic carbocycles. The molecule has 0 spiro atoms. The third-order valence-electron chi connectivity index (χ3n) is 3.76. The van der Waals surface area contributed by atoms with E-state index in [2.05, 4.69) is 15.6 Å². The van der Waals surface area contributed by atoms with Gasteiger partial charge in [0.05, 0.1) is 11.4 Å². The average molecular weight is 341 g/mol. The standard InChI is InChI=1S/C18H19N3O2S/c1-18(2,21-16(22)15-8-5-9-24-15)17(23)19-11-13-10-12-6-3-4-7-14(12)20-13/h3-10,20H,11H2,1-2H3,(H,19,23)(H,21,22). The summed E-state index contributed by atoms with van der Waals surface area (Å²) in [5.74, 6) is -0.471. The maximum absolute atomic E-state index is 12.4. The van der Waals surface area contributed by atoms with Crippen LogP contribution in [0.2, 0.25) is 0 Å². The van der Waals surface area contributed by atoms with E-state index >= 15 is 0 Å². The van der Waals surface area contributed by atoms with Crippen LogP contribution in [0.1, 0.15) is 29.2 Å². The zero-order chi connectivity index (χ0) is 17.2. The highest BCUT2D eigenvalue weighted by Gasteiger charge is 2.29. The Morgan fingerprint density at radius 3 is 2.67 bits per heavy atom. The summed E-state index contributed by atoms with van der Waals surface area (Å²) in [5.41, 5.74) is 0.963. The number of carbonyl (C=O) groups is 2. The van der Waals surface area contributed by atoms with Gasteiger partial charge in [-0.25, -0.2) is 0 Å². The minimum absolute atomic E-state index is 0.230. The molecular weight excluding hydrogens is 322 g/mol. The summed E-state index contributed by atoms with van der Waals surface area (Å²) in [6.45, 7) is 3.77. The largest absolute Gasteiger partial charge is 0.357 e. The third kappa shape index (κ3) is 3.49. The lowest BCUT2D eigenvalue weighted by atomic mass is 10.0. The van der Waals surface area contributed by atoms with Gasteiger partial charge in [-0.15, -0.1) is 11.3 Å². The Labute approximate surface area is 144 Å². The number of benzene rings is 1. The second-order valence-electron chi connectivity index (χ2n) is 6.12. The van der Waals surface area contributed by atoms with E-state index in [1.54, 1.807) is 19.9 Å². The van der Waals surface area contributed by atoms with Crippen LogP contribution in [0.3, 0.4) is 0 Å². The number of carbonyl (C=O) groups excluding carboxylic acids is 2. The molecule has 1 aromatic carbocycles. The molecule has 24 heavy (non-hydrogen) atoms. The lowest BCUT2D eigenvalue weighted by Gasteiger charge is -2.24. The van der Waals surface area contributed by atoms with Crippen molar-refractivity contribution in [1.82, 2.24) is 15.6 Å². The van der Waals surface area contributed by atoms with Gasteiger partial charge in [0.2, 0.25) is 5.91 Å². The fourth-order valence-corrected chi connectivity index (χ4v) is 3.05. The molecule has 2 heterocycles. The quantitative estimate of drug-likeness (QED) is 0.667. The molecule has 0 aliphatic heterocycles. The Balaban J connectivity index is 1.61. The number of hydrogen-bond donors (Lipinski definition) is 3. The Morgan fingerprint density at radius 1 is 1.17 bits per heavy atom. The maximum atomic E-state index is 12.4. The Kier molecular flexibility index (Phi) is 4.40. The van der Waals surface area contributed by atoms with Crippen molar-refractivity contribution in [2.45, 2.75) is 25.9 Å². The van der Waals surface area contributed by atoms with Crippen LogP contribution >= 0.6 is 11.3 Å². The molecule has 0 aliphatic rings. The molecule has 0 bridgehead atoms. The van der Waals surface area contributed by atoms with E-state index in [0.29, 0.717) is 11.4 Å². The predicted molar refractivity (Wildman–Crippen MR) is 96.0 cm³/mol. The molecule has 0 unspecified atom stereocenters. The van der Waals surface area contributed by atoms with Crippen LogP contribution in [0.5, 0.6) is 0 Å². The number of aromatic nitrogens is 1. The van der Waals surface area contributed by atoms with Gasteiger partial charge in [-0.05, 0) is 42.8 Å². The highest BCUT2D eigenvalue weighted by Crippen LogP contribution is 2.15. The fourth-order valence-electron chi connectivity index (χ4n) is 2.44. The topological polar surface area (TPSA) is 74.0 Å². The monoisotopic (exact) mass is 341 g/mol. The number of nitrogens with one attached hydrogen (secondary N) is 3. The molecule has 3 aromatic rings. The van der Waals surface area contributed by atoms with E-state index in [0.717, 1.165) is 16.6 Å². The number of H-pyrrole nitrogens is 1. The van der Waals surface area contributed by atoms with Crippen LogP contribution < -0.4 is 10.6 Å². The Bertz CT molecular complexity index is 832. The normalized spacial score (nSPS) is 11.4. The minimum Gasteiger partial charge on any atom is -0.357 e. The molecule has 2 aromatic heterocycles. The molecule has 0 atom stereocenters. The van der Waals surface area contributed by atoms with E-state index in [-0.39, 0.29) is 11.8 Å². The van der Waals surface area contributed by atoms with E-state index in [1.165, 1.54) is 11.3 Å². The molecule has 0 saturated heterocycles. The van der Waals surface area contributed by atoms with Gasteiger partial charge >= 0.3 is 0 Å². The van der Waals surface area contributed by atoms with Gasteiger partial charge in [0, 0.05) is 11.2 Å². The van der Waals surface area contributed by atoms with E-state index in [1.807, 2.05) is 41.8 Å². The number of aromatic amines is 1. The number of hydrogen-bond acceptors (Lipinski definition) is 3. The van der Waals surface area contributed by atoms with Crippen molar-refractivity contribution in [2.75, 3.05) is 0 Å². The fraction of sp³-hybridized carbons (Fsp3) is 0.222. The summed E-state index contributed by atoms with van der Waals surface area (Å²) in [5, 5.41) is 8.57. The summed E-state index contributed by atoms with van der Waals surface area (Å²) in [6, 6.07) is 13.5. The highest BCUT2D eigenvalue weighted by molar-refractivity contribution is 7.12. The second kappa shape index (κ2) is 6.49. The Morgan fingerprint density at radius 2 is 1.96 bits per heavy atom. The molecule has 0 fully saturated rings. The summed E-state index contributed by atoms with van der Waals surface area (Å²) in [4.78, 5) is 28.4. The highest BCUT2D eigenvalue weighted by atomic mass is 32.1. The molecule has 5 nitrogen and oxygen atoms in total. The number of amides is 2. The van der Waals surface area contributed by atoms with E-state index in [4.69, 9.17) is 0 Å². The number of para-hydroxylation sites is 1. The summed E-state index contributed by atoms with van der Waals surface area (Å²) < 4.78 is 0. The lowest BCUT2D eigenvalue weighted by molar-refractivity contribution is -0.126. The van der Waals surface area contributed by atoms with Crippen LogP contribution in [0.15, 0.2) is 47.8 Å².